The van der Waals surface area contributed by atoms with Crippen molar-refractivity contribution in [3.05, 3.63) is 0 Å². The van der Waals surface area contributed by atoms with Crippen LogP contribution in [0.15, 0.2) is 0 Å². The number of hydrogen-bond donors (Lipinski definition) is 0. The van der Waals surface area contributed by atoms with E-state index in [9.17, 15) is 0 Å². The van der Waals surface area contributed by atoms with Gasteiger partial charge in [0.25, 0.3) is 0 Å². The van der Waals surface area contributed by atoms with Crippen molar-refractivity contribution in [1.29, 1.82) is 0 Å². The van der Waals surface area contributed by atoms with Crippen molar-refractivity contribution >= 4 is 5.93 Å². The van der Waals surface area contributed by atoms with Gasteiger partial charge in [-0.25, -0.2) is 0 Å². The molecular formula is H2AgBCoFeNi. The van der Waals surface area contributed by atoms with Crippen molar-refractivity contribution in [2.45, 2.75) is 0 Å². The van der Waals surface area contributed by atoms with E-state index in [0.717, 1.165) is 0 Å². The quantitative estimate of drug-likeness (QED) is 0.507. The van der Waals surface area contributed by atoms with Gasteiger partial charge in [-0.15, -0.1) is 0 Å². The SMILES string of the molecule is [BH2][Ag].[Co].[Fe].[Ni]. The molecule has 0 aliphatic heterocycles. The number of hydrogen-bond acceptors (Lipinski definition) is 0. The minimum Gasteiger partial charge on any atom is 0 e. The predicted octanol–water partition coefficient (Wildman–Crippen LogP) is -0.926. The molecule has 0 fully saturated rings. The average Bonchev–Trinajstić information content (AvgIpc) is 1.00. The first-order valence-electron chi connectivity index (χ1n) is 0.302. The molecule has 0 unspecified atom stereocenters. The first-order chi connectivity index (χ1) is 1.00. The Balaban J connectivity index is -0.00000000167. The van der Waals surface area contributed by atoms with E-state index in [1.807, 2.05) is 5.93 Å². The molecule has 0 aromatic heterocycles. The van der Waals surface area contributed by atoms with Gasteiger partial charge >= 0.3 is 26.8 Å². The maximum Gasteiger partial charge on any atom is 0 e. The van der Waals surface area contributed by atoms with Crippen LogP contribution in [0.2, 0.25) is 0 Å². The van der Waals surface area contributed by atoms with E-state index in [4.69, 9.17) is 0 Å². The van der Waals surface area contributed by atoms with Crippen LogP contribution in [0.25, 0.3) is 0 Å². The molecule has 0 saturated carbocycles. The normalized spacial score (nSPS) is 1.20. The molecule has 0 spiro atoms. The first kappa shape index (κ1) is 26.5. The third-order valence-corrected chi connectivity index (χ3v) is 0. The van der Waals surface area contributed by atoms with Crippen LogP contribution in [0.4, 0.5) is 0 Å². The largest absolute Gasteiger partial charge is 0 e. The van der Waals surface area contributed by atoms with E-state index < -0.39 is 0 Å². The second-order valence-electron chi connectivity index (χ2n) is 0. The van der Waals surface area contributed by atoms with Crippen molar-refractivity contribution in [2.24, 2.45) is 0 Å². The van der Waals surface area contributed by atoms with Gasteiger partial charge in [-0.05, 0) is 0 Å². The van der Waals surface area contributed by atoms with Crippen LogP contribution in [0.5, 0.6) is 0 Å². The van der Waals surface area contributed by atoms with Crippen LogP contribution in [0.1, 0.15) is 0 Å². The van der Waals surface area contributed by atoms with Crippen molar-refractivity contribution in [3.63, 3.8) is 0 Å². The van der Waals surface area contributed by atoms with Crippen molar-refractivity contribution in [3.8, 4) is 0 Å². The van der Waals surface area contributed by atoms with Gasteiger partial charge in [0.2, 0.25) is 0 Å². The second-order valence-corrected chi connectivity index (χ2v) is 0. The molecule has 5 heavy (non-hydrogen) atoms. The molecule has 5 heteroatoms. The summed E-state index contributed by atoms with van der Waals surface area (Å²) in [6.07, 6.45) is 0. The molecule has 0 bridgehead atoms. The minimum atomic E-state index is 0. The fraction of sp³-hybridized carbons (Fsp3) is 0. The Hall–Kier alpha value is 2.32. The fourth-order valence-corrected chi connectivity index (χ4v) is 0. The maximum atomic E-state index is 2.95. The van der Waals surface area contributed by atoms with Gasteiger partial charge in [0.15, 0.2) is 0 Å². The summed E-state index contributed by atoms with van der Waals surface area (Å²) < 4.78 is 0. The van der Waals surface area contributed by atoms with Crippen molar-refractivity contribution < 1.29 is 71.2 Å². The monoisotopic (exact) mass is 293 g/mol. The Kier molecular flexibility index (Phi) is 176. The summed E-state index contributed by atoms with van der Waals surface area (Å²) in [7, 11) is 0. The third-order valence-electron chi connectivity index (χ3n) is 0. The van der Waals surface area contributed by atoms with Gasteiger partial charge < -0.3 is 0 Å². The van der Waals surface area contributed by atoms with Crippen LogP contribution in [-0.2, 0) is 71.2 Å². The Morgan fingerprint density at radius 1 is 1.20 bits per heavy atom. The van der Waals surface area contributed by atoms with Crippen molar-refractivity contribution in [1.82, 2.24) is 0 Å². The Labute approximate surface area is 76.3 Å². The standard InChI is InChI=1S/Ag.BH2.Co.Fe.Ni/h;1H2;;;/q-1;+1;;;. The molecule has 0 rings (SSSR count). The Morgan fingerprint density at radius 3 is 1.20 bits per heavy atom. The van der Waals surface area contributed by atoms with Crippen LogP contribution in [-0.4, -0.2) is 5.93 Å². The molecule has 0 aliphatic rings. The topological polar surface area (TPSA) is 0 Å². The summed E-state index contributed by atoms with van der Waals surface area (Å²) in [6, 6.07) is 0. The second kappa shape index (κ2) is 33.2. The zero-order chi connectivity index (χ0) is 2.00. The van der Waals surface area contributed by atoms with E-state index >= 15 is 0 Å². The van der Waals surface area contributed by atoms with E-state index in [1.165, 1.54) is 0 Å². The molecule has 0 saturated heterocycles. The molecular weight excluding hydrogens is 292 g/mol. The summed E-state index contributed by atoms with van der Waals surface area (Å²) in [5.41, 5.74) is 0. The molecule has 0 N–H and O–H groups in total. The fourth-order valence-electron chi connectivity index (χ4n) is 0. The predicted molar refractivity (Wildman–Crippen MR) is 8.54 cm³/mol. The molecule has 0 aromatic carbocycles. The zero-order valence-corrected chi connectivity index (χ0v) is 6.92. The van der Waals surface area contributed by atoms with Crippen LogP contribution in [0, 0.1) is 0 Å². The van der Waals surface area contributed by atoms with Crippen LogP contribution in [0.3, 0.4) is 0 Å². The molecule has 0 aliphatic carbocycles. The molecule has 1 radical (unpaired) electrons. The van der Waals surface area contributed by atoms with Gasteiger partial charge in [-0.1, -0.05) is 0 Å². The van der Waals surface area contributed by atoms with Crippen LogP contribution < -0.4 is 0 Å². The maximum absolute atomic E-state index is 2.95. The summed E-state index contributed by atoms with van der Waals surface area (Å²) in [5.74, 6) is 1.81. The molecule has 0 heterocycles. The Morgan fingerprint density at radius 2 is 1.20 bits per heavy atom. The molecule has 0 aromatic rings. The summed E-state index contributed by atoms with van der Waals surface area (Å²) in [6.45, 7) is 0. The molecule has 0 nitrogen and oxygen atoms in total. The van der Waals surface area contributed by atoms with E-state index in [-0.39, 0.29) is 50.3 Å². The number of rotatable bonds is 0. The molecule has 0 atom stereocenters. The summed E-state index contributed by atoms with van der Waals surface area (Å²) >= 11 is 2.95. The van der Waals surface area contributed by atoms with Gasteiger partial charge in [0, 0.05) is 50.3 Å². The first-order valence-corrected chi connectivity index (χ1v) is 1.78. The van der Waals surface area contributed by atoms with Gasteiger partial charge in [-0.3, -0.25) is 0 Å². The summed E-state index contributed by atoms with van der Waals surface area (Å²) in [5, 5.41) is 0. The zero-order valence-electron chi connectivity index (χ0n) is 2.30. The van der Waals surface area contributed by atoms with E-state index in [2.05, 4.69) is 20.9 Å². The molecule has 0 amide bonds. The molecule has 43 valence electrons. The van der Waals surface area contributed by atoms with Gasteiger partial charge in [0.1, 0.15) is 0 Å². The summed E-state index contributed by atoms with van der Waals surface area (Å²) in [4.78, 5) is 0. The van der Waals surface area contributed by atoms with Crippen molar-refractivity contribution in [2.75, 3.05) is 0 Å². The Bertz CT molecular complexity index is 11.6. The van der Waals surface area contributed by atoms with Gasteiger partial charge in [-0.2, -0.15) is 0 Å². The van der Waals surface area contributed by atoms with E-state index in [1.54, 1.807) is 0 Å². The smallest absolute Gasteiger partial charge is 0 e. The average molecular weight is 294 g/mol. The van der Waals surface area contributed by atoms with Gasteiger partial charge in [0.05, 0.1) is 0 Å². The van der Waals surface area contributed by atoms with E-state index in [0.29, 0.717) is 0 Å². The minimum absolute atomic E-state index is 0. The third kappa shape index (κ3) is 21.9. The van der Waals surface area contributed by atoms with Crippen LogP contribution >= 0.6 is 0 Å².